The molecule has 0 saturated carbocycles. The van der Waals surface area contributed by atoms with Crippen LogP contribution in [0, 0.1) is 0 Å². The van der Waals surface area contributed by atoms with Crippen molar-refractivity contribution in [3.05, 3.63) is 78.2 Å². The summed E-state index contributed by atoms with van der Waals surface area (Å²) in [4.78, 5) is 2.26. The van der Waals surface area contributed by atoms with E-state index in [9.17, 15) is 0 Å². The number of nitrogens with zero attached hydrogens (tertiary/aromatic N) is 1. The fourth-order valence-electron chi connectivity index (χ4n) is 3.26. The molecule has 0 saturated heterocycles. The van der Waals surface area contributed by atoms with E-state index < -0.39 is 0 Å². The minimum absolute atomic E-state index is 0.828. The zero-order valence-electron chi connectivity index (χ0n) is 12.5. The number of para-hydroxylation sites is 3. The highest BCUT2D eigenvalue weighted by Gasteiger charge is 2.35. The first-order chi connectivity index (χ1) is 11.4. The van der Waals surface area contributed by atoms with Crippen molar-refractivity contribution in [3.8, 4) is 17.2 Å². The summed E-state index contributed by atoms with van der Waals surface area (Å²) in [5, 5.41) is 0. The molecule has 0 amide bonds. The Bertz CT molecular complexity index is 892. The van der Waals surface area contributed by atoms with Crippen LogP contribution in [0.4, 0.5) is 11.4 Å². The second kappa shape index (κ2) is 4.78. The first-order valence-electron chi connectivity index (χ1n) is 7.87. The minimum Gasteiger partial charge on any atom is -0.453 e. The Morgan fingerprint density at radius 1 is 0.826 bits per heavy atom. The van der Waals surface area contributed by atoms with Crippen LogP contribution >= 0.6 is 0 Å². The van der Waals surface area contributed by atoms with Gasteiger partial charge in [-0.2, -0.15) is 0 Å². The smallest absolute Gasteiger partial charge is 0.155 e. The van der Waals surface area contributed by atoms with E-state index in [-0.39, 0.29) is 0 Å². The lowest BCUT2D eigenvalue weighted by Crippen LogP contribution is -2.28. The normalized spacial score (nSPS) is 17.3. The second-order valence-corrected chi connectivity index (χ2v) is 5.74. The van der Waals surface area contributed by atoms with E-state index in [1.165, 1.54) is 0 Å². The fourth-order valence-corrected chi connectivity index (χ4v) is 3.26. The highest BCUT2D eigenvalue weighted by molar-refractivity contribution is 5.87. The monoisotopic (exact) mass is 301 g/mol. The lowest BCUT2D eigenvalue weighted by molar-refractivity contribution is 0.407. The molecule has 0 atom stereocenters. The predicted octanol–water partition coefficient (Wildman–Crippen LogP) is 5.44. The van der Waals surface area contributed by atoms with Crippen LogP contribution in [-0.2, 0) is 0 Å². The lowest BCUT2D eigenvalue weighted by atomic mass is 10.1. The number of hydrogen-bond acceptors (Lipinski definition) is 3. The molecule has 0 radical (unpaired) electrons. The standard InChI is InChI=1S/C20H15NO2/c1-2-4-10-16-14(8-3-1)21-15-9-5-6-11-17(15)23-19-13-7-12-18(22-16)20(19)21/h2,4-13H,1,3H2. The number of anilines is 2. The molecule has 23 heavy (non-hydrogen) atoms. The average Bonchev–Trinajstić information content (AvgIpc) is 2.56. The van der Waals surface area contributed by atoms with Crippen LogP contribution < -0.4 is 14.4 Å². The third kappa shape index (κ3) is 1.83. The third-order valence-electron chi connectivity index (χ3n) is 4.28. The Morgan fingerprint density at radius 2 is 1.65 bits per heavy atom. The number of ether oxygens (including phenoxy) is 2. The van der Waals surface area contributed by atoms with E-state index in [1.54, 1.807) is 0 Å². The van der Waals surface area contributed by atoms with Crippen molar-refractivity contribution in [2.24, 2.45) is 0 Å². The molecule has 2 heterocycles. The molecule has 3 aliphatic rings. The summed E-state index contributed by atoms with van der Waals surface area (Å²) in [6.07, 6.45) is 10.6. The topological polar surface area (TPSA) is 21.7 Å². The maximum Gasteiger partial charge on any atom is 0.155 e. The Labute approximate surface area is 134 Å². The van der Waals surface area contributed by atoms with Gasteiger partial charge in [0.05, 0.1) is 11.4 Å². The van der Waals surface area contributed by atoms with Crippen LogP contribution in [0.1, 0.15) is 12.8 Å². The zero-order valence-corrected chi connectivity index (χ0v) is 12.5. The van der Waals surface area contributed by atoms with Gasteiger partial charge in [-0.25, -0.2) is 0 Å². The van der Waals surface area contributed by atoms with Crippen LogP contribution in [0.3, 0.4) is 0 Å². The molecule has 0 spiro atoms. The summed E-state index contributed by atoms with van der Waals surface area (Å²) in [5.41, 5.74) is 3.13. The molecular weight excluding hydrogens is 286 g/mol. The van der Waals surface area contributed by atoms with E-state index in [0.717, 1.165) is 52.9 Å². The highest BCUT2D eigenvalue weighted by Crippen LogP contribution is 2.55. The van der Waals surface area contributed by atoms with Gasteiger partial charge in [0.15, 0.2) is 23.0 Å². The van der Waals surface area contributed by atoms with Crippen molar-refractivity contribution in [3.63, 3.8) is 0 Å². The van der Waals surface area contributed by atoms with Gasteiger partial charge in [0, 0.05) is 0 Å². The van der Waals surface area contributed by atoms with E-state index >= 15 is 0 Å². The largest absolute Gasteiger partial charge is 0.453 e. The molecule has 2 aliphatic heterocycles. The van der Waals surface area contributed by atoms with Crippen molar-refractivity contribution < 1.29 is 9.47 Å². The molecule has 0 bridgehead atoms. The minimum atomic E-state index is 0.828. The van der Waals surface area contributed by atoms with E-state index in [2.05, 4.69) is 29.2 Å². The van der Waals surface area contributed by atoms with Gasteiger partial charge in [-0.05, 0) is 43.2 Å². The third-order valence-corrected chi connectivity index (χ3v) is 4.28. The van der Waals surface area contributed by atoms with Crippen molar-refractivity contribution in [2.75, 3.05) is 4.90 Å². The summed E-state index contributed by atoms with van der Waals surface area (Å²) in [7, 11) is 0. The molecule has 2 aromatic rings. The SMILES string of the molecule is C1=CCCC=C2C(=C1)Oc1cccc3c1N2c1ccccc1O3. The fraction of sp³-hybridized carbons (Fsp3) is 0.100. The van der Waals surface area contributed by atoms with Gasteiger partial charge in [-0.1, -0.05) is 36.4 Å². The number of allylic oxidation sites excluding steroid dienone is 4. The molecule has 0 fully saturated rings. The molecular formula is C20H15NO2. The maximum absolute atomic E-state index is 6.15. The van der Waals surface area contributed by atoms with E-state index in [4.69, 9.17) is 9.47 Å². The van der Waals surface area contributed by atoms with E-state index in [1.807, 2.05) is 42.5 Å². The van der Waals surface area contributed by atoms with Gasteiger partial charge >= 0.3 is 0 Å². The van der Waals surface area contributed by atoms with Crippen molar-refractivity contribution in [2.45, 2.75) is 12.8 Å². The molecule has 2 aromatic carbocycles. The maximum atomic E-state index is 6.15. The van der Waals surface area contributed by atoms with Crippen LogP contribution in [0.2, 0.25) is 0 Å². The molecule has 1 aliphatic carbocycles. The molecule has 3 heteroatoms. The summed E-state index contributed by atoms with van der Waals surface area (Å²) >= 11 is 0. The summed E-state index contributed by atoms with van der Waals surface area (Å²) in [6, 6.07) is 14.1. The van der Waals surface area contributed by atoms with Gasteiger partial charge in [0.2, 0.25) is 0 Å². The van der Waals surface area contributed by atoms with Gasteiger partial charge in [0.1, 0.15) is 5.69 Å². The quantitative estimate of drug-likeness (QED) is 0.646. The summed E-state index contributed by atoms with van der Waals surface area (Å²) < 4.78 is 12.2. The molecule has 5 rings (SSSR count). The number of rotatable bonds is 0. The first-order valence-corrected chi connectivity index (χ1v) is 7.87. The number of benzene rings is 2. The summed E-state index contributed by atoms with van der Waals surface area (Å²) in [5.74, 6) is 3.41. The highest BCUT2D eigenvalue weighted by atomic mass is 16.5. The zero-order chi connectivity index (χ0) is 15.2. The average molecular weight is 301 g/mol. The molecule has 0 aromatic heterocycles. The lowest BCUT2D eigenvalue weighted by Gasteiger charge is -2.39. The Morgan fingerprint density at radius 3 is 2.61 bits per heavy atom. The van der Waals surface area contributed by atoms with Crippen LogP contribution in [0.5, 0.6) is 17.2 Å². The molecule has 0 unspecified atom stereocenters. The molecule has 0 N–H and O–H groups in total. The number of hydrogen-bond donors (Lipinski definition) is 0. The Kier molecular flexibility index (Phi) is 2.62. The summed E-state index contributed by atoms with van der Waals surface area (Å²) in [6.45, 7) is 0. The van der Waals surface area contributed by atoms with Crippen molar-refractivity contribution in [1.29, 1.82) is 0 Å². The van der Waals surface area contributed by atoms with Crippen LogP contribution in [0.25, 0.3) is 0 Å². The molecule has 3 nitrogen and oxygen atoms in total. The van der Waals surface area contributed by atoms with Gasteiger partial charge in [-0.3, -0.25) is 4.90 Å². The number of fused-ring (bicyclic) bond motifs is 4. The Hall–Kier alpha value is -2.94. The van der Waals surface area contributed by atoms with Crippen LogP contribution in [-0.4, -0.2) is 0 Å². The molecule has 112 valence electrons. The second-order valence-electron chi connectivity index (χ2n) is 5.74. The first kappa shape index (κ1) is 12.6. The van der Waals surface area contributed by atoms with Crippen molar-refractivity contribution in [1.82, 2.24) is 0 Å². The van der Waals surface area contributed by atoms with Gasteiger partial charge in [-0.15, -0.1) is 0 Å². The van der Waals surface area contributed by atoms with E-state index in [0.29, 0.717) is 0 Å². The predicted molar refractivity (Wildman–Crippen MR) is 90.3 cm³/mol. The van der Waals surface area contributed by atoms with Crippen molar-refractivity contribution >= 4 is 11.4 Å². The van der Waals surface area contributed by atoms with Gasteiger partial charge in [0.25, 0.3) is 0 Å². The Balaban J connectivity index is 1.82. The van der Waals surface area contributed by atoms with Crippen LogP contribution in [0.15, 0.2) is 78.2 Å². The van der Waals surface area contributed by atoms with Gasteiger partial charge < -0.3 is 9.47 Å².